The van der Waals surface area contributed by atoms with E-state index >= 15 is 0 Å². The normalized spacial score (nSPS) is 14.0. The molecule has 0 spiro atoms. The van der Waals surface area contributed by atoms with Gasteiger partial charge < -0.3 is 10.6 Å². The first-order chi connectivity index (χ1) is 11.1. The van der Waals surface area contributed by atoms with Crippen LogP contribution in [0, 0.1) is 0 Å². The van der Waals surface area contributed by atoms with Gasteiger partial charge in [-0.3, -0.25) is 19.7 Å². The van der Waals surface area contributed by atoms with E-state index in [2.05, 4.69) is 20.2 Å². The number of fused-ring (bicyclic) bond motifs is 2. The summed E-state index contributed by atoms with van der Waals surface area (Å²) in [6, 6.07) is 7.46. The molecule has 8 nitrogen and oxygen atoms in total. The van der Waals surface area contributed by atoms with Gasteiger partial charge >= 0.3 is 0 Å². The first-order valence-corrected chi connectivity index (χ1v) is 7.23. The fourth-order valence-corrected chi connectivity index (χ4v) is 2.91. The number of para-hydroxylation sites is 1. The molecule has 3 aromatic rings. The Morgan fingerprint density at radius 1 is 1.30 bits per heavy atom. The van der Waals surface area contributed by atoms with Gasteiger partial charge in [-0.25, -0.2) is 4.98 Å². The molecule has 0 saturated carbocycles. The number of amides is 1. The second kappa shape index (κ2) is 4.94. The van der Waals surface area contributed by atoms with Crippen LogP contribution in [0.2, 0.25) is 0 Å². The molecule has 1 aromatic carbocycles. The molecule has 4 rings (SSSR count). The topological polar surface area (TPSA) is 121 Å². The monoisotopic (exact) mass is 310 g/mol. The zero-order valence-corrected chi connectivity index (χ0v) is 12.2. The zero-order chi connectivity index (χ0) is 16.0. The standard InChI is InChI=1S/C15H14N6O2/c16-15-17-11-7-21(6-5-9(11)13(22)18-15)14(23)12-8-3-1-2-4-10(8)19-20-12/h1-4H,5-7H2,(H,19,20)(H3,16,17,18,22). The number of anilines is 1. The number of rotatable bonds is 1. The number of aromatic nitrogens is 4. The second-order valence-electron chi connectivity index (χ2n) is 5.47. The van der Waals surface area contributed by atoms with Crippen LogP contribution in [-0.4, -0.2) is 37.5 Å². The lowest BCUT2D eigenvalue weighted by Crippen LogP contribution is -2.39. The van der Waals surface area contributed by atoms with Gasteiger partial charge in [0.25, 0.3) is 11.5 Å². The van der Waals surface area contributed by atoms with Crippen molar-refractivity contribution >= 4 is 22.8 Å². The zero-order valence-electron chi connectivity index (χ0n) is 12.2. The summed E-state index contributed by atoms with van der Waals surface area (Å²) < 4.78 is 0. The number of nitrogens with two attached hydrogens (primary N) is 1. The number of nitrogens with one attached hydrogen (secondary N) is 2. The van der Waals surface area contributed by atoms with Crippen molar-refractivity contribution in [2.45, 2.75) is 13.0 Å². The number of hydrogen-bond acceptors (Lipinski definition) is 5. The van der Waals surface area contributed by atoms with Gasteiger partial charge in [-0.2, -0.15) is 5.10 Å². The van der Waals surface area contributed by atoms with Crippen molar-refractivity contribution in [1.82, 2.24) is 25.1 Å². The predicted octanol–water partition coefficient (Wildman–Crippen LogP) is 0.427. The van der Waals surface area contributed by atoms with E-state index in [0.717, 1.165) is 10.9 Å². The van der Waals surface area contributed by atoms with Crippen molar-refractivity contribution in [1.29, 1.82) is 0 Å². The summed E-state index contributed by atoms with van der Waals surface area (Å²) in [5, 5.41) is 7.77. The predicted molar refractivity (Wildman–Crippen MR) is 83.8 cm³/mol. The molecule has 1 amide bonds. The number of hydrogen-bond donors (Lipinski definition) is 3. The van der Waals surface area contributed by atoms with Gasteiger partial charge in [0.2, 0.25) is 5.95 Å². The van der Waals surface area contributed by atoms with Gasteiger partial charge in [0.15, 0.2) is 5.69 Å². The van der Waals surface area contributed by atoms with E-state index in [1.807, 2.05) is 24.3 Å². The maximum atomic E-state index is 12.8. The maximum absolute atomic E-state index is 12.8. The summed E-state index contributed by atoms with van der Waals surface area (Å²) in [5.41, 5.74) is 7.68. The van der Waals surface area contributed by atoms with Crippen LogP contribution in [0.15, 0.2) is 29.1 Å². The average molecular weight is 310 g/mol. The third-order valence-electron chi connectivity index (χ3n) is 4.05. The molecule has 3 heterocycles. The quantitative estimate of drug-likeness (QED) is 0.602. The summed E-state index contributed by atoms with van der Waals surface area (Å²) in [6.07, 6.45) is 0.450. The second-order valence-corrected chi connectivity index (χ2v) is 5.47. The largest absolute Gasteiger partial charge is 0.369 e. The highest BCUT2D eigenvalue weighted by Crippen LogP contribution is 2.20. The van der Waals surface area contributed by atoms with Gasteiger partial charge in [0.05, 0.1) is 17.8 Å². The Morgan fingerprint density at radius 3 is 3.00 bits per heavy atom. The molecular weight excluding hydrogens is 296 g/mol. The van der Waals surface area contributed by atoms with Crippen LogP contribution in [0.4, 0.5) is 5.95 Å². The number of aromatic amines is 2. The van der Waals surface area contributed by atoms with Crippen LogP contribution in [-0.2, 0) is 13.0 Å². The number of nitrogens with zero attached hydrogens (tertiary/aromatic N) is 3. The van der Waals surface area contributed by atoms with E-state index in [1.54, 1.807) is 4.90 Å². The lowest BCUT2D eigenvalue weighted by molar-refractivity contribution is 0.0727. The van der Waals surface area contributed by atoms with E-state index in [-0.39, 0.29) is 24.0 Å². The molecule has 0 atom stereocenters. The van der Waals surface area contributed by atoms with Crippen molar-refractivity contribution in [3.05, 3.63) is 51.6 Å². The molecule has 8 heteroatoms. The first kappa shape index (κ1) is 13.5. The Kier molecular flexibility index (Phi) is 2.90. The highest BCUT2D eigenvalue weighted by atomic mass is 16.2. The Balaban J connectivity index is 1.69. The van der Waals surface area contributed by atoms with Gasteiger partial charge in [-0.15, -0.1) is 0 Å². The summed E-state index contributed by atoms with van der Waals surface area (Å²) in [4.78, 5) is 32.9. The fourth-order valence-electron chi connectivity index (χ4n) is 2.91. The highest BCUT2D eigenvalue weighted by Gasteiger charge is 2.27. The van der Waals surface area contributed by atoms with Crippen molar-refractivity contribution in [2.75, 3.05) is 12.3 Å². The molecular formula is C15H14N6O2. The van der Waals surface area contributed by atoms with Crippen molar-refractivity contribution in [3.63, 3.8) is 0 Å². The molecule has 0 bridgehead atoms. The molecule has 1 aliphatic rings. The van der Waals surface area contributed by atoms with E-state index in [1.165, 1.54) is 0 Å². The van der Waals surface area contributed by atoms with Gasteiger partial charge in [0.1, 0.15) is 0 Å². The third-order valence-corrected chi connectivity index (χ3v) is 4.05. The molecule has 0 unspecified atom stereocenters. The molecule has 0 radical (unpaired) electrons. The maximum Gasteiger partial charge on any atom is 0.275 e. The molecule has 4 N–H and O–H groups in total. The minimum absolute atomic E-state index is 0.0632. The molecule has 1 aliphatic heterocycles. The molecule has 2 aromatic heterocycles. The number of carbonyl (C=O) groups excluding carboxylic acids is 1. The molecule has 0 aliphatic carbocycles. The Labute approximate surface area is 130 Å². The van der Waals surface area contributed by atoms with Crippen LogP contribution in [0.3, 0.4) is 0 Å². The third kappa shape index (κ3) is 2.15. The lowest BCUT2D eigenvalue weighted by atomic mass is 10.1. The summed E-state index contributed by atoms with van der Waals surface area (Å²) in [5.74, 6) is -0.123. The summed E-state index contributed by atoms with van der Waals surface area (Å²) >= 11 is 0. The SMILES string of the molecule is Nc1nc2c(c(=O)[nH]1)CCN(C(=O)c1n[nH]c3ccccc13)C2. The highest BCUT2D eigenvalue weighted by molar-refractivity contribution is 6.04. The first-order valence-electron chi connectivity index (χ1n) is 7.23. The van der Waals surface area contributed by atoms with Gasteiger partial charge in [-0.05, 0) is 12.5 Å². The molecule has 116 valence electrons. The van der Waals surface area contributed by atoms with Crippen molar-refractivity contribution in [2.24, 2.45) is 0 Å². The average Bonchev–Trinajstić information content (AvgIpc) is 2.97. The van der Waals surface area contributed by atoms with E-state index < -0.39 is 0 Å². The number of H-pyrrole nitrogens is 2. The molecule has 0 saturated heterocycles. The van der Waals surface area contributed by atoms with Crippen molar-refractivity contribution < 1.29 is 4.79 Å². The van der Waals surface area contributed by atoms with Crippen LogP contribution in [0.25, 0.3) is 10.9 Å². The van der Waals surface area contributed by atoms with E-state index in [0.29, 0.717) is 29.9 Å². The lowest BCUT2D eigenvalue weighted by Gasteiger charge is -2.27. The molecule has 23 heavy (non-hydrogen) atoms. The van der Waals surface area contributed by atoms with E-state index in [9.17, 15) is 9.59 Å². The van der Waals surface area contributed by atoms with Gasteiger partial charge in [-0.1, -0.05) is 18.2 Å². The van der Waals surface area contributed by atoms with Crippen LogP contribution in [0.5, 0.6) is 0 Å². The minimum Gasteiger partial charge on any atom is -0.369 e. The van der Waals surface area contributed by atoms with Crippen LogP contribution in [0.1, 0.15) is 21.7 Å². The Hall–Kier alpha value is -3.16. The number of nitrogen functional groups attached to an aromatic ring is 1. The smallest absolute Gasteiger partial charge is 0.275 e. The van der Waals surface area contributed by atoms with E-state index in [4.69, 9.17) is 5.73 Å². The number of benzene rings is 1. The molecule has 0 fully saturated rings. The van der Waals surface area contributed by atoms with Gasteiger partial charge in [0, 0.05) is 17.5 Å². The Bertz CT molecular complexity index is 974. The summed E-state index contributed by atoms with van der Waals surface area (Å²) in [6.45, 7) is 0.700. The fraction of sp³-hybridized carbons (Fsp3) is 0.200. The Morgan fingerprint density at radius 2 is 2.13 bits per heavy atom. The number of carbonyl (C=O) groups is 1. The van der Waals surface area contributed by atoms with Crippen LogP contribution >= 0.6 is 0 Å². The van der Waals surface area contributed by atoms with Crippen LogP contribution < -0.4 is 11.3 Å². The van der Waals surface area contributed by atoms with Crippen molar-refractivity contribution in [3.8, 4) is 0 Å². The minimum atomic E-state index is -0.232. The summed E-state index contributed by atoms with van der Waals surface area (Å²) in [7, 11) is 0.